The van der Waals surface area contributed by atoms with E-state index in [9.17, 15) is 9.59 Å². The molecular formula is C13H18O4. The molecule has 0 bridgehead atoms. The van der Waals surface area contributed by atoms with Crippen molar-refractivity contribution in [2.24, 2.45) is 23.2 Å². The summed E-state index contributed by atoms with van der Waals surface area (Å²) in [7, 11) is 0. The minimum Gasteiger partial charge on any atom is -0.465 e. The Hall–Kier alpha value is -1.32. The fourth-order valence-corrected chi connectivity index (χ4v) is 2.93. The summed E-state index contributed by atoms with van der Waals surface area (Å²) < 4.78 is 10.2. The molecule has 1 aliphatic heterocycles. The van der Waals surface area contributed by atoms with Gasteiger partial charge in [-0.3, -0.25) is 9.59 Å². The Balaban J connectivity index is 2.41. The molecule has 0 aromatic rings. The standard InChI is InChI=1S/C13H18O4/c1-4-16-11(14)13-9(7-17-12(13)15)5-6-10(13)8(2)3/h5-6,8-10H,4,7H2,1-3H3/t9-,10+,13+/m0/s1. The molecule has 0 radical (unpaired) electrons. The van der Waals surface area contributed by atoms with Gasteiger partial charge in [0.25, 0.3) is 0 Å². The molecule has 0 aromatic carbocycles. The Morgan fingerprint density at radius 3 is 2.88 bits per heavy atom. The van der Waals surface area contributed by atoms with Crippen molar-refractivity contribution in [2.75, 3.05) is 13.2 Å². The van der Waals surface area contributed by atoms with Gasteiger partial charge >= 0.3 is 11.9 Å². The summed E-state index contributed by atoms with van der Waals surface area (Å²) in [6, 6.07) is 0. The van der Waals surface area contributed by atoms with Crippen molar-refractivity contribution in [2.45, 2.75) is 20.8 Å². The SMILES string of the molecule is CCOC(=O)[C@@]12C(=O)OC[C@@H]1C=C[C@@H]2C(C)C. The second kappa shape index (κ2) is 4.17. The van der Waals surface area contributed by atoms with Crippen LogP contribution in [0.2, 0.25) is 0 Å². The molecule has 1 aliphatic carbocycles. The zero-order valence-electron chi connectivity index (χ0n) is 10.4. The summed E-state index contributed by atoms with van der Waals surface area (Å²) in [5.74, 6) is -0.949. The highest BCUT2D eigenvalue weighted by Crippen LogP contribution is 2.51. The summed E-state index contributed by atoms with van der Waals surface area (Å²) in [6.07, 6.45) is 3.89. The van der Waals surface area contributed by atoms with E-state index >= 15 is 0 Å². The number of cyclic esters (lactones) is 1. The molecule has 0 unspecified atom stereocenters. The van der Waals surface area contributed by atoms with E-state index in [1.54, 1.807) is 6.92 Å². The van der Waals surface area contributed by atoms with Crippen LogP contribution in [-0.4, -0.2) is 25.2 Å². The zero-order valence-corrected chi connectivity index (χ0v) is 10.4. The number of ether oxygens (including phenoxy) is 2. The van der Waals surface area contributed by atoms with Gasteiger partial charge < -0.3 is 9.47 Å². The summed E-state index contributed by atoms with van der Waals surface area (Å²) in [5.41, 5.74) is -1.12. The highest BCUT2D eigenvalue weighted by atomic mass is 16.6. The number of carbonyl (C=O) groups excluding carboxylic acids is 2. The van der Waals surface area contributed by atoms with E-state index in [-0.39, 0.29) is 31.0 Å². The zero-order chi connectivity index (χ0) is 12.6. The molecule has 2 aliphatic rings. The van der Waals surface area contributed by atoms with Crippen molar-refractivity contribution in [3.05, 3.63) is 12.2 Å². The van der Waals surface area contributed by atoms with Crippen molar-refractivity contribution >= 4 is 11.9 Å². The number of hydrogen-bond donors (Lipinski definition) is 0. The third-order valence-electron chi connectivity index (χ3n) is 3.72. The molecule has 94 valence electrons. The first-order valence-electron chi connectivity index (χ1n) is 6.07. The Morgan fingerprint density at radius 1 is 1.59 bits per heavy atom. The first kappa shape index (κ1) is 12.1. The molecule has 4 nitrogen and oxygen atoms in total. The molecule has 3 atom stereocenters. The Kier molecular flexibility index (Phi) is 2.98. The number of allylic oxidation sites excluding steroid dienone is 1. The van der Waals surface area contributed by atoms with Crippen LogP contribution in [0.5, 0.6) is 0 Å². The fraction of sp³-hybridized carbons (Fsp3) is 0.692. The summed E-state index contributed by atoms with van der Waals surface area (Å²) >= 11 is 0. The average molecular weight is 238 g/mol. The van der Waals surface area contributed by atoms with Crippen LogP contribution in [0.3, 0.4) is 0 Å². The van der Waals surface area contributed by atoms with Crippen molar-refractivity contribution in [3.63, 3.8) is 0 Å². The first-order chi connectivity index (χ1) is 8.05. The van der Waals surface area contributed by atoms with E-state index in [0.29, 0.717) is 0 Å². The minimum absolute atomic E-state index is 0.124. The van der Waals surface area contributed by atoms with Gasteiger partial charge in [0.15, 0.2) is 5.41 Å². The van der Waals surface area contributed by atoms with Crippen LogP contribution >= 0.6 is 0 Å². The van der Waals surface area contributed by atoms with Crippen molar-refractivity contribution in [1.29, 1.82) is 0 Å². The normalized spacial score (nSPS) is 34.9. The maximum atomic E-state index is 12.2. The molecule has 0 aromatic heterocycles. The highest BCUT2D eigenvalue weighted by molar-refractivity contribution is 6.03. The van der Waals surface area contributed by atoms with E-state index < -0.39 is 17.4 Å². The van der Waals surface area contributed by atoms with Crippen molar-refractivity contribution in [1.82, 2.24) is 0 Å². The van der Waals surface area contributed by atoms with Crippen LogP contribution in [0.15, 0.2) is 12.2 Å². The van der Waals surface area contributed by atoms with E-state index in [2.05, 4.69) is 0 Å². The quantitative estimate of drug-likeness (QED) is 0.425. The molecule has 1 heterocycles. The molecule has 0 saturated carbocycles. The van der Waals surface area contributed by atoms with Crippen LogP contribution < -0.4 is 0 Å². The van der Waals surface area contributed by atoms with Crippen molar-refractivity contribution in [3.8, 4) is 0 Å². The Morgan fingerprint density at radius 2 is 2.29 bits per heavy atom. The van der Waals surface area contributed by atoms with E-state index in [0.717, 1.165) is 0 Å². The number of hydrogen-bond acceptors (Lipinski definition) is 4. The lowest BCUT2D eigenvalue weighted by molar-refractivity contribution is -0.169. The Bertz CT molecular complexity index is 372. The highest BCUT2D eigenvalue weighted by Gasteiger charge is 2.65. The first-order valence-corrected chi connectivity index (χ1v) is 6.07. The van der Waals surface area contributed by atoms with Crippen LogP contribution in [-0.2, 0) is 19.1 Å². The molecule has 4 heteroatoms. The summed E-state index contributed by atoms with van der Waals surface area (Å²) in [4.78, 5) is 24.3. The van der Waals surface area contributed by atoms with Gasteiger partial charge in [0.2, 0.25) is 0 Å². The third kappa shape index (κ3) is 1.50. The van der Waals surface area contributed by atoms with Crippen molar-refractivity contribution < 1.29 is 19.1 Å². The molecule has 2 rings (SSSR count). The molecule has 1 saturated heterocycles. The lowest BCUT2D eigenvalue weighted by Gasteiger charge is -2.31. The largest absolute Gasteiger partial charge is 0.465 e. The maximum absolute atomic E-state index is 12.2. The molecule has 0 amide bonds. The van der Waals surface area contributed by atoms with Gasteiger partial charge in [-0.05, 0) is 12.8 Å². The second-order valence-electron chi connectivity index (χ2n) is 4.95. The molecule has 17 heavy (non-hydrogen) atoms. The molecule has 0 spiro atoms. The van der Waals surface area contributed by atoms with Crippen LogP contribution in [0.25, 0.3) is 0 Å². The lowest BCUT2D eigenvalue weighted by Crippen LogP contribution is -2.46. The maximum Gasteiger partial charge on any atom is 0.324 e. The van der Waals surface area contributed by atoms with Gasteiger partial charge in [0, 0.05) is 11.8 Å². The molecule has 1 fully saturated rings. The van der Waals surface area contributed by atoms with Gasteiger partial charge in [-0.2, -0.15) is 0 Å². The van der Waals surface area contributed by atoms with E-state index in [1.165, 1.54) is 0 Å². The topological polar surface area (TPSA) is 52.6 Å². The van der Waals surface area contributed by atoms with Gasteiger partial charge in [0.1, 0.15) is 0 Å². The van der Waals surface area contributed by atoms with Crippen LogP contribution in [0, 0.1) is 23.2 Å². The van der Waals surface area contributed by atoms with Gasteiger partial charge in [0.05, 0.1) is 13.2 Å². The monoisotopic (exact) mass is 238 g/mol. The van der Waals surface area contributed by atoms with Gasteiger partial charge in [-0.1, -0.05) is 26.0 Å². The average Bonchev–Trinajstić information content (AvgIpc) is 2.78. The number of fused-ring (bicyclic) bond motifs is 1. The smallest absolute Gasteiger partial charge is 0.324 e. The molecule has 0 N–H and O–H groups in total. The summed E-state index contributed by atoms with van der Waals surface area (Å²) in [6.45, 7) is 6.33. The lowest BCUT2D eigenvalue weighted by atomic mass is 9.68. The second-order valence-corrected chi connectivity index (χ2v) is 4.95. The van der Waals surface area contributed by atoms with Crippen LogP contribution in [0.1, 0.15) is 20.8 Å². The fourth-order valence-electron chi connectivity index (χ4n) is 2.93. The predicted octanol–water partition coefficient (Wildman–Crippen LogP) is 1.55. The number of rotatable bonds is 3. The summed E-state index contributed by atoms with van der Waals surface area (Å²) in [5, 5.41) is 0. The van der Waals surface area contributed by atoms with Crippen LogP contribution in [0.4, 0.5) is 0 Å². The minimum atomic E-state index is -1.12. The Labute approximate surface area is 101 Å². The predicted molar refractivity (Wildman–Crippen MR) is 61.0 cm³/mol. The van der Waals surface area contributed by atoms with E-state index in [1.807, 2.05) is 26.0 Å². The molecular weight excluding hydrogens is 220 g/mol. The third-order valence-corrected chi connectivity index (χ3v) is 3.72. The van der Waals surface area contributed by atoms with E-state index in [4.69, 9.17) is 9.47 Å². The number of esters is 2. The van der Waals surface area contributed by atoms with Gasteiger partial charge in [-0.25, -0.2) is 0 Å². The van der Waals surface area contributed by atoms with Gasteiger partial charge in [-0.15, -0.1) is 0 Å². The number of carbonyl (C=O) groups is 2.